The van der Waals surface area contributed by atoms with Gasteiger partial charge in [-0.25, -0.2) is 0 Å². The van der Waals surface area contributed by atoms with Crippen LogP contribution in [0.25, 0.3) is 0 Å². The molecule has 3 N–H and O–H groups in total. The van der Waals surface area contributed by atoms with E-state index in [1.54, 1.807) is 18.2 Å². The summed E-state index contributed by atoms with van der Waals surface area (Å²) < 4.78 is 0. The van der Waals surface area contributed by atoms with Gasteiger partial charge in [0.25, 0.3) is 0 Å². The first-order chi connectivity index (χ1) is 9.95. The van der Waals surface area contributed by atoms with E-state index in [-0.39, 0.29) is 12.5 Å². The van der Waals surface area contributed by atoms with Crippen LogP contribution >= 0.6 is 11.6 Å². The number of likely N-dealkylation sites (N-methyl/N-ethyl adjacent to an activating group) is 1. The van der Waals surface area contributed by atoms with Gasteiger partial charge in [0.1, 0.15) is 0 Å². The second-order valence-corrected chi connectivity index (χ2v) is 5.39. The molecule has 0 saturated heterocycles. The summed E-state index contributed by atoms with van der Waals surface area (Å²) in [5, 5.41) is 3.22. The molecule has 4 nitrogen and oxygen atoms in total. The van der Waals surface area contributed by atoms with E-state index < -0.39 is 0 Å². The number of nitrogens with zero attached hydrogens (tertiary/aromatic N) is 1. The molecule has 0 spiro atoms. The lowest BCUT2D eigenvalue weighted by atomic mass is 10.2. The number of nitrogens with two attached hydrogens (primary N) is 1. The molecule has 2 rings (SSSR count). The Balaban J connectivity index is 2.01. The second-order valence-electron chi connectivity index (χ2n) is 4.98. The van der Waals surface area contributed by atoms with Crippen molar-refractivity contribution in [3.8, 4) is 0 Å². The Morgan fingerprint density at radius 2 is 2.05 bits per heavy atom. The first-order valence-corrected chi connectivity index (χ1v) is 6.96. The molecule has 110 valence electrons. The topological polar surface area (TPSA) is 58.4 Å². The molecule has 0 bridgehead atoms. The van der Waals surface area contributed by atoms with Crippen LogP contribution in [0.2, 0.25) is 5.02 Å². The number of carbonyl (C=O) groups excluding carboxylic acids is 1. The van der Waals surface area contributed by atoms with Crippen molar-refractivity contribution < 1.29 is 4.79 Å². The zero-order valence-electron chi connectivity index (χ0n) is 12.1. The van der Waals surface area contributed by atoms with Gasteiger partial charge in [-0.2, -0.15) is 0 Å². The van der Waals surface area contributed by atoms with Crippen molar-refractivity contribution in [2.24, 2.45) is 0 Å². The average molecular weight is 304 g/mol. The van der Waals surface area contributed by atoms with Crippen LogP contribution in [0.4, 0.5) is 17.1 Å². The van der Waals surface area contributed by atoms with Gasteiger partial charge in [0.2, 0.25) is 5.91 Å². The summed E-state index contributed by atoms with van der Waals surface area (Å²) in [7, 11) is 1.87. The molecule has 0 heterocycles. The molecule has 0 aliphatic heterocycles. The fourth-order valence-electron chi connectivity index (χ4n) is 1.99. The highest BCUT2D eigenvalue weighted by Crippen LogP contribution is 2.24. The number of aryl methyl sites for hydroxylation is 1. The molecular weight excluding hydrogens is 286 g/mol. The van der Waals surface area contributed by atoms with Crippen molar-refractivity contribution in [1.82, 2.24) is 0 Å². The number of nitrogens with one attached hydrogen (secondary N) is 1. The van der Waals surface area contributed by atoms with Crippen molar-refractivity contribution in [2.45, 2.75) is 6.92 Å². The van der Waals surface area contributed by atoms with Gasteiger partial charge in [0, 0.05) is 18.4 Å². The number of anilines is 3. The number of benzene rings is 2. The van der Waals surface area contributed by atoms with Gasteiger partial charge in [0.15, 0.2) is 0 Å². The van der Waals surface area contributed by atoms with E-state index in [9.17, 15) is 4.79 Å². The smallest absolute Gasteiger partial charge is 0.243 e. The first-order valence-electron chi connectivity index (χ1n) is 6.58. The summed E-state index contributed by atoms with van der Waals surface area (Å²) in [6, 6.07) is 13.0. The molecule has 1 amide bonds. The number of amides is 1. The molecule has 0 aliphatic rings. The standard InChI is InChI=1S/C16H18ClN3O/c1-11-4-3-5-13(8-11)20(2)10-16(21)19-15-7-6-12(18)9-14(15)17/h3-9H,10,18H2,1-2H3,(H,19,21). The fraction of sp³-hybridized carbons (Fsp3) is 0.188. The Morgan fingerprint density at radius 1 is 1.29 bits per heavy atom. The number of rotatable bonds is 4. The number of hydrogen-bond donors (Lipinski definition) is 2. The van der Waals surface area contributed by atoms with Crippen molar-refractivity contribution in [2.75, 3.05) is 29.5 Å². The molecule has 0 aliphatic carbocycles. The molecule has 0 fully saturated rings. The normalized spacial score (nSPS) is 10.2. The predicted molar refractivity (Wildman–Crippen MR) is 88.9 cm³/mol. The van der Waals surface area contributed by atoms with E-state index in [2.05, 4.69) is 5.32 Å². The monoisotopic (exact) mass is 303 g/mol. The van der Waals surface area contributed by atoms with Crippen LogP contribution in [0, 0.1) is 6.92 Å². The lowest BCUT2D eigenvalue weighted by molar-refractivity contribution is -0.114. The van der Waals surface area contributed by atoms with Gasteiger partial charge in [-0.05, 0) is 42.8 Å². The van der Waals surface area contributed by atoms with Gasteiger partial charge in [0.05, 0.1) is 17.3 Å². The largest absolute Gasteiger partial charge is 0.399 e. The Bertz CT molecular complexity index is 658. The minimum atomic E-state index is -0.134. The second kappa shape index (κ2) is 6.50. The van der Waals surface area contributed by atoms with Crippen molar-refractivity contribution in [3.05, 3.63) is 53.1 Å². The highest BCUT2D eigenvalue weighted by molar-refractivity contribution is 6.34. The molecule has 0 aromatic heterocycles. The van der Waals surface area contributed by atoms with Crippen LogP contribution in [0.5, 0.6) is 0 Å². The Morgan fingerprint density at radius 3 is 2.71 bits per heavy atom. The van der Waals surface area contributed by atoms with Crippen molar-refractivity contribution >= 4 is 34.6 Å². The maximum absolute atomic E-state index is 12.1. The minimum Gasteiger partial charge on any atom is -0.399 e. The Hall–Kier alpha value is -2.20. The third-order valence-electron chi connectivity index (χ3n) is 3.09. The molecule has 0 atom stereocenters. The first kappa shape index (κ1) is 15.2. The van der Waals surface area contributed by atoms with E-state index in [0.29, 0.717) is 16.4 Å². The van der Waals surface area contributed by atoms with Crippen LogP contribution in [0.1, 0.15) is 5.56 Å². The quantitative estimate of drug-likeness (QED) is 0.852. The fourth-order valence-corrected chi connectivity index (χ4v) is 2.23. The van der Waals surface area contributed by atoms with Crippen LogP contribution in [-0.2, 0) is 4.79 Å². The Labute approximate surface area is 129 Å². The molecule has 2 aromatic carbocycles. The summed E-state index contributed by atoms with van der Waals surface area (Å²) in [4.78, 5) is 14.0. The van der Waals surface area contributed by atoms with Gasteiger partial charge < -0.3 is 16.0 Å². The van der Waals surface area contributed by atoms with Crippen LogP contribution in [-0.4, -0.2) is 19.5 Å². The third-order valence-corrected chi connectivity index (χ3v) is 3.40. The zero-order chi connectivity index (χ0) is 15.4. The lowest BCUT2D eigenvalue weighted by Crippen LogP contribution is -2.30. The van der Waals surface area contributed by atoms with E-state index in [1.807, 2.05) is 43.1 Å². The number of carbonyl (C=O) groups is 1. The molecule has 2 aromatic rings. The van der Waals surface area contributed by atoms with Crippen molar-refractivity contribution in [1.29, 1.82) is 0 Å². The Kier molecular flexibility index (Phi) is 4.70. The lowest BCUT2D eigenvalue weighted by Gasteiger charge is -2.19. The van der Waals surface area contributed by atoms with Gasteiger partial charge in [-0.15, -0.1) is 0 Å². The molecule has 0 radical (unpaired) electrons. The molecule has 0 saturated carbocycles. The number of hydrogen-bond acceptors (Lipinski definition) is 3. The van der Waals surface area contributed by atoms with Crippen LogP contribution in [0.3, 0.4) is 0 Å². The molecular formula is C16H18ClN3O. The van der Waals surface area contributed by atoms with E-state index in [0.717, 1.165) is 11.3 Å². The third kappa shape index (κ3) is 4.13. The summed E-state index contributed by atoms with van der Waals surface area (Å²) in [5.74, 6) is -0.134. The van der Waals surface area contributed by atoms with Gasteiger partial charge in [-0.1, -0.05) is 23.7 Å². The SMILES string of the molecule is Cc1cccc(N(C)CC(=O)Nc2ccc(N)cc2Cl)c1. The van der Waals surface area contributed by atoms with Crippen LogP contribution < -0.4 is 16.0 Å². The van der Waals surface area contributed by atoms with Gasteiger partial charge in [-0.3, -0.25) is 4.79 Å². The van der Waals surface area contributed by atoms with Crippen LogP contribution in [0.15, 0.2) is 42.5 Å². The molecule has 21 heavy (non-hydrogen) atoms. The number of nitrogen functional groups attached to an aromatic ring is 1. The van der Waals surface area contributed by atoms with E-state index in [1.165, 1.54) is 0 Å². The van der Waals surface area contributed by atoms with E-state index >= 15 is 0 Å². The average Bonchev–Trinajstić information content (AvgIpc) is 2.42. The summed E-state index contributed by atoms with van der Waals surface area (Å²) >= 11 is 6.04. The molecule has 5 heteroatoms. The minimum absolute atomic E-state index is 0.134. The molecule has 0 unspecified atom stereocenters. The number of halogens is 1. The zero-order valence-corrected chi connectivity index (χ0v) is 12.8. The highest BCUT2D eigenvalue weighted by Gasteiger charge is 2.10. The van der Waals surface area contributed by atoms with E-state index in [4.69, 9.17) is 17.3 Å². The van der Waals surface area contributed by atoms with Crippen molar-refractivity contribution in [3.63, 3.8) is 0 Å². The van der Waals surface area contributed by atoms with Gasteiger partial charge >= 0.3 is 0 Å². The maximum Gasteiger partial charge on any atom is 0.243 e. The summed E-state index contributed by atoms with van der Waals surface area (Å²) in [5.41, 5.74) is 8.90. The summed E-state index contributed by atoms with van der Waals surface area (Å²) in [6.45, 7) is 2.26. The summed E-state index contributed by atoms with van der Waals surface area (Å²) in [6.07, 6.45) is 0. The maximum atomic E-state index is 12.1. The predicted octanol–water partition coefficient (Wildman–Crippen LogP) is 3.31. The highest BCUT2D eigenvalue weighted by atomic mass is 35.5.